The Morgan fingerprint density at radius 2 is 1.71 bits per heavy atom. The summed E-state index contributed by atoms with van der Waals surface area (Å²) in [6.45, 7) is 6.50. The van der Waals surface area contributed by atoms with Crippen molar-refractivity contribution in [2.75, 3.05) is 11.1 Å². The molecule has 0 aliphatic heterocycles. The molecule has 24 heavy (non-hydrogen) atoms. The van der Waals surface area contributed by atoms with Crippen molar-refractivity contribution in [1.29, 1.82) is 5.26 Å². The average Bonchev–Trinajstić information content (AvgIpc) is 2.55. The zero-order chi connectivity index (χ0) is 17.6. The van der Waals surface area contributed by atoms with E-state index in [1.54, 1.807) is 23.9 Å². The van der Waals surface area contributed by atoms with Crippen molar-refractivity contribution < 1.29 is 4.79 Å². The molecule has 4 heteroatoms. The van der Waals surface area contributed by atoms with Gasteiger partial charge < -0.3 is 5.32 Å². The van der Waals surface area contributed by atoms with Crippen LogP contribution in [-0.2, 0) is 16.0 Å². The van der Waals surface area contributed by atoms with Crippen LogP contribution in [0.3, 0.4) is 0 Å². The van der Waals surface area contributed by atoms with Gasteiger partial charge in [-0.05, 0) is 40.8 Å². The van der Waals surface area contributed by atoms with Crippen LogP contribution in [0.5, 0.6) is 0 Å². The van der Waals surface area contributed by atoms with Crippen molar-refractivity contribution in [2.24, 2.45) is 0 Å². The molecule has 0 atom stereocenters. The van der Waals surface area contributed by atoms with E-state index in [0.717, 1.165) is 17.0 Å². The van der Waals surface area contributed by atoms with Crippen molar-refractivity contribution >= 4 is 23.4 Å². The Morgan fingerprint density at radius 3 is 2.25 bits per heavy atom. The Kier molecular flexibility index (Phi) is 6.05. The summed E-state index contributed by atoms with van der Waals surface area (Å²) in [6.07, 6.45) is 0. The van der Waals surface area contributed by atoms with Crippen LogP contribution >= 0.6 is 11.8 Å². The zero-order valence-electron chi connectivity index (χ0n) is 14.3. The second-order valence-electron chi connectivity index (χ2n) is 6.68. The van der Waals surface area contributed by atoms with Gasteiger partial charge in [-0.25, -0.2) is 0 Å². The topological polar surface area (TPSA) is 52.9 Å². The van der Waals surface area contributed by atoms with Crippen LogP contribution in [0.25, 0.3) is 0 Å². The number of benzene rings is 2. The summed E-state index contributed by atoms with van der Waals surface area (Å²) >= 11 is 1.56. The number of amides is 1. The Bertz CT molecular complexity index is 722. The first kappa shape index (κ1) is 18.1. The first-order valence-corrected chi connectivity index (χ1v) is 9.01. The maximum absolute atomic E-state index is 12.0. The third-order valence-electron chi connectivity index (χ3n) is 3.62. The van der Waals surface area contributed by atoms with Crippen molar-refractivity contribution in [3.05, 3.63) is 65.2 Å². The minimum Gasteiger partial charge on any atom is -0.325 e. The first-order valence-electron chi connectivity index (χ1n) is 7.85. The molecule has 0 heterocycles. The molecule has 0 aromatic heterocycles. The van der Waals surface area contributed by atoms with E-state index in [1.807, 2.05) is 24.3 Å². The number of rotatable bonds is 5. The average molecular weight is 338 g/mol. The fourth-order valence-corrected chi connectivity index (χ4v) is 2.98. The quantitative estimate of drug-likeness (QED) is 0.857. The number of nitriles is 1. The molecular weight excluding hydrogens is 316 g/mol. The predicted octanol–water partition coefficient (Wildman–Crippen LogP) is 4.73. The first-order chi connectivity index (χ1) is 11.4. The lowest BCUT2D eigenvalue weighted by Gasteiger charge is -2.19. The highest BCUT2D eigenvalue weighted by molar-refractivity contribution is 7.99. The predicted molar refractivity (Wildman–Crippen MR) is 101 cm³/mol. The van der Waals surface area contributed by atoms with Gasteiger partial charge in [0.05, 0.1) is 17.4 Å². The number of thioether (sulfide) groups is 1. The zero-order valence-corrected chi connectivity index (χ0v) is 15.1. The highest BCUT2D eigenvalue weighted by atomic mass is 32.2. The highest BCUT2D eigenvalue weighted by Crippen LogP contribution is 2.23. The van der Waals surface area contributed by atoms with Gasteiger partial charge in [-0.2, -0.15) is 5.26 Å². The molecule has 1 N–H and O–H groups in total. The number of nitrogens with zero attached hydrogens (tertiary/aromatic N) is 1. The Hall–Kier alpha value is -2.25. The third-order valence-corrected chi connectivity index (χ3v) is 4.62. The van der Waals surface area contributed by atoms with Gasteiger partial charge in [-0.1, -0.05) is 45.0 Å². The van der Waals surface area contributed by atoms with E-state index in [2.05, 4.69) is 44.3 Å². The van der Waals surface area contributed by atoms with Crippen molar-refractivity contribution in [1.82, 2.24) is 0 Å². The van der Waals surface area contributed by atoms with Gasteiger partial charge in [-0.3, -0.25) is 4.79 Å². The molecule has 2 aromatic rings. The van der Waals surface area contributed by atoms with Gasteiger partial charge in [0, 0.05) is 11.4 Å². The maximum atomic E-state index is 12.0. The van der Waals surface area contributed by atoms with Gasteiger partial charge in [0.1, 0.15) is 0 Å². The monoisotopic (exact) mass is 338 g/mol. The van der Waals surface area contributed by atoms with E-state index in [-0.39, 0.29) is 11.3 Å². The Labute approximate surface area is 148 Å². The molecule has 2 aromatic carbocycles. The summed E-state index contributed by atoms with van der Waals surface area (Å²) in [5.74, 6) is 1.15. The number of anilines is 1. The second kappa shape index (κ2) is 8.03. The van der Waals surface area contributed by atoms with E-state index in [4.69, 9.17) is 5.26 Å². The van der Waals surface area contributed by atoms with Crippen LogP contribution in [0.4, 0.5) is 5.69 Å². The molecule has 1 amide bonds. The van der Waals surface area contributed by atoms with Crippen LogP contribution in [0.15, 0.2) is 48.5 Å². The van der Waals surface area contributed by atoms with E-state index in [9.17, 15) is 4.79 Å². The van der Waals surface area contributed by atoms with Crippen LogP contribution in [0.1, 0.15) is 37.5 Å². The number of carbonyl (C=O) groups is 1. The number of hydrogen-bond acceptors (Lipinski definition) is 3. The van der Waals surface area contributed by atoms with E-state index in [1.165, 1.54) is 5.56 Å². The SMILES string of the molecule is CC(C)(C)c1ccc(NC(=O)CSCc2ccc(C#N)cc2)cc1. The molecule has 0 fully saturated rings. The van der Waals surface area contributed by atoms with Crippen LogP contribution < -0.4 is 5.32 Å². The molecule has 0 radical (unpaired) electrons. The van der Waals surface area contributed by atoms with E-state index < -0.39 is 0 Å². The Balaban J connectivity index is 1.79. The summed E-state index contributed by atoms with van der Waals surface area (Å²) in [6, 6.07) is 17.6. The smallest absolute Gasteiger partial charge is 0.234 e. The second-order valence-corrected chi connectivity index (χ2v) is 7.66. The molecule has 0 aliphatic rings. The maximum Gasteiger partial charge on any atom is 0.234 e. The summed E-state index contributed by atoms with van der Waals surface area (Å²) in [5.41, 5.74) is 3.95. The minimum atomic E-state index is -0.00264. The minimum absolute atomic E-state index is 0.00264. The summed E-state index contributed by atoms with van der Waals surface area (Å²) in [4.78, 5) is 12.0. The molecule has 124 valence electrons. The lowest BCUT2D eigenvalue weighted by atomic mass is 9.87. The number of carbonyl (C=O) groups excluding carboxylic acids is 1. The fraction of sp³-hybridized carbons (Fsp3) is 0.300. The molecular formula is C20H22N2OS. The number of nitrogens with one attached hydrogen (secondary N) is 1. The van der Waals surface area contributed by atoms with Gasteiger partial charge >= 0.3 is 0 Å². The molecule has 0 spiro atoms. The van der Waals surface area contributed by atoms with Crippen LogP contribution in [0.2, 0.25) is 0 Å². The molecule has 3 nitrogen and oxygen atoms in total. The van der Waals surface area contributed by atoms with Crippen molar-refractivity contribution in [3.8, 4) is 6.07 Å². The molecule has 0 unspecified atom stereocenters. The van der Waals surface area contributed by atoms with E-state index in [0.29, 0.717) is 11.3 Å². The molecule has 2 rings (SSSR count). The number of hydrogen-bond donors (Lipinski definition) is 1. The van der Waals surface area contributed by atoms with Gasteiger partial charge in [0.25, 0.3) is 0 Å². The summed E-state index contributed by atoms with van der Waals surface area (Å²) < 4.78 is 0. The van der Waals surface area contributed by atoms with Crippen molar-refractivity contribution in [3.63, 3.8) is 0 Å². The van der Waals surface area contributed by atoms with E-state index >= 15 is 0 Å². The fourth-order valence-electron chi connectivity index (χ4n) is 2.19. The molecule has 0 saturated carbocycles. The Morgan fingerprint density at radius 1 is 1.08 bits per heavy atom. The molecule has 0 bridgehead atoms. The summed E-state index contributed by atoms with van der Waals surface area (Å²) in [5, 5.41) is 11.7. The molecule has 0 saturated heterocycles. The van der Waals surface area contributed by atoms with Gasteiger partial charge in [0.15, 0.2) is 0 Å². The van der Waals surface area contributed by atoms with Crippen LogP contribution in [-0.4, -0.2) is 11.7 Å². The summed E-state index contributed by atoms with van der Waals surface area (Å²) in [7, 11) is 0. The molecule has 0 aliphatic carbocycles. The van der Waals surface area contributed by atoms with Gasteiger partial charge in [0.2, 0.25) is 5.91 Å². The standard InChI is InChI=1S/C20H22N2OS/c1-20(2,3)17-8-10-18(11-9-17)22-19(23)14-24-13-16-6-4-15(12-21)5-7-16/h4-11H,13-14H2,1-3H3,(H,22,23). The third kappa shape index (κ3) is 5.43. The lowest BCUT2D eigenvalue weighted by Crippen LogP contribution is -2.15. The largest absolute Gasteiger partial charge is 0.325 e. The van der Waals surface area contributed by atoms with Crippen molar-refractivity contribution in [2.45, 2.75) is 31.9 Å². The normalized spacial score (nSPS) is 10.9. The van der Waals surface area contributed by atoms with Gasteiger partial charge in [-0.15, -0.1) is 11.8 Å². The van der Waals surface area contributed by atoms with Crippen LogP contribution in [0, 0.1) is 11.3 Å². The lowest BCUT2D eigenvalue weighted by molar-refractivity contribution is -0.113. The highest BCUT2D eigenvalue weighted by Gasteiger charge is 2.13.